The quantitative estimate of drug-likeness (QED) is 0.749. The average Bonchev–Trinajstić information content (AvgIpc) is 3.10. The second kappa shape index (κ2) is 5.42. The standard InChI is InChI=1S/C14H15N3OS/c1-10-4-5-13(18-10)14-11(8-16-17-14)7-15-9-12-3-2-6-19-12/h2-6,8,15H,7,9H2,1H3,(H,16,17). The number of hydrogen-bond donors (Lipinski definition) is 2. The maximum absolute atomic E-state index is 5.62. The van der Waals surface area contributed by atoms with Gasteiger partial charge in [-0.3, -0.25) is 5.10 Å². The minimum absolute atomic E-state index is 0.767. The fourth-order valence-corrected chi connectivity index (χ4v) is 2.64. The second-order valence-electron chi connectivity index (χ2n) is 4.36. The zero-order valence-electron chi connectivity index (χ0n) is 10.6. The SMILES string of the molecule is Cc1ccc(-c2[nH]ncc2CNCc2cccs2)o1. The van der Waals surface area contributed by atoms with Crippen LogP contribution in [0.5, 0.6) is 0 Å². The largest absolute Gasteiger partial charge is 0.460 e. The summed E-state index contributed by atoms with van der Waals surface area (Å²) in [5.41, 5.74) is 2.07. The normalized spacial score (nSPS) is 11.0. The van der Waals surface area contributed by atoms with Crippen molar-refractivity contribution in [1.82, 2.24) is 15.5 Å². The van der Waals surface area contributed by atoms with E-state index in [4.69, 9.17) is 4.42 Å². The van der Waals surface area contributed by atoms with Crippen LogP contribution in [-0.2, 0) is 13.1 Å². The molecule has 0 radical (unpaired) electrons. The number of furan rings is 1. The van der Waals surface area contributed by atoms with E-state index in [0.29, 0.717) is 0 Å². The van der Waals surface area contributed by atoms with Crippen molar-refractivity contribution in [3.63, 3.8) is 0 Å². The van der Waals surface area contributed by atoms with Crippen LogP contribution < -0.4 is 5.32 Å². The average molecular weight is 273 g/mol. The maximum Gasteiger partial charge on any atom is 0.152 e. The Morgan fingerprint density at radius 1 is 1.32 bits per heavy atom. The van der Waals surface area contributed by atoms with Crippen molar-refractivity contribution < 1.29 is 4.42 Å². The van der Waals surface area contributed by atoms with E-state index in [1.807, 2.05) is 25.3 Å². The summed E-state index contributed by atoms with van der Waals surface area (Å²) >= 11 is 1.76. The molecule has 0 saturated carbocycles. The highest BCUT2D eigenvalue weighted by molar-refractivity contribution is 7.09. The molecule has 0 bridgehead atoms. The number of aromatic amines is 1. The van der Waals surface area contributed by atoms with Gasteiger partial charge >= 0.3 is 0 Å². The summed E-state index contributed by atoms with van der Waals surface area (Å²) in [4.78, 5) is 1.33. The van der Waals surface area contributed by atoms with Gasteiger partial charge in [0.1, 0.15) is 11.5 Å². The summed E-state index contributed by atoms with van der Waals surface area (Å²) in [5.74, 6) is 1.74. The molecule has 3 rings (SSSR count). The molecule has 3 aromatic rings. The highest BCUT2D eigenvalue weighted by Crippen LogP contribution is 2.23. The molecular weight excluding hydrogens is 258 g/mol. The molecule has 3 aromatic heterocycles. The van der Waals surface area contributed by atoms with E-state index >= 15 is 0 Å². The highest BCUT2D eigenvalue weighted by Gasteiger charge is 2.10. The predicted octanol–water partition coefficient (Wildman–Crippen LogP) is 3.33. The Kier molecular flexibility index (Phi) is 3.48. The lowest BCUT2D eigenvalue weighted by Crippen LogP contribution is -2.11. The van der Waals surface area contributed by atoms with E-state index < -0.39 is 0 Å². The van der Waals surface area contributed by atoms with Crippen LogP contribution in [0.15, 0.2) is 40.3 Å². The van der Waals surface area contributed by atoms with Gasteiger partial charge in [-0.25, -0.2) is 0 Å². The van der Waals surface area contributed by atoms with Crippen LogP contribution in [0.2, 0.25) is 0 Å². The van der Waals surface area contributed by atoms with Gasteiger partial charge in [0.25, 0.3) is 0 Å². The fourth-order valence-electron chi connectivity index (χ4n) is 1.96. The van der Waals surface area contributed by atoms with E-state index in [1.165, 1.54) is 4.88 Å². The summed E-state index contributed by atoms with van der Waals surface area (Å²) in [6, 6.07) is 8.12. The highest BCUT2D eigenvalue weighted by atomic mass is 32.1. The lowest BCUT2D eigenvalue weighted by atomic mass is 10.2. The van der Waals surface area contributed by atoms with Gasteiger partial charge in [-0.1, -0.05) is 6.07 Å². The van der Waals surface area contributed by atoms with Crippen LogP contribution in [-0.4, -0.2) is 10.2 Å². The Labute approximate surface area is 115 Å². The topological polar surface area (TPSA) is 53.9 Å². The summed E-state index contributed by atoms with van der Waals surface area (Å²) in [7, 11) is 0. The smallest absolute Gasteiger partial charge is 0.152 e. The van der Waals surface area contributed by atoms with Crippen molar-refractivity contribution in [1.29, 1.82) is 0 Å². The number of rotatable bonds is 5. The minimum atomic E-state index is 0.767. The van der Waals surface area contributed by atoms with Gasteiger partial charge in [0, 0.05) is 23.5 Å². The van der Waals surface area contributed by atoms with Crippen LogP contribution >= 0.6 is 11.3 Å². The molecule has 19 heavy (non-hydrogen) atoms. The number of nitrogens with one attached hydrogen (secondary N) is 2. The van der Waals surface area contributed by atoms with Gasteiger partial charge in [-0.05, 0) is 30.5 Å². The Morgan fingerprint density at radius 3 is 3.00 bits per heavy atom. The molecule has 5 heteroatoms. The third kappa shape index (κ3) is 2.77. The van der Waals surface area contributed by atoms with E-state index in [0.717, 1.165) is 35.9 Å². The van der Waals surface area contributed by atoms with Crippen LogP contribution in [0.4, 0.5) is 0 Å². The molecule has 0 aromatic carbocycles. The molecule has 0 amide bonds. The van der Waals surface area contributed by atoms with Crippen molar-refractivity contribution >= 4 is 11.3 Å². The Morgan fingerprint density at radius 2 is 2.26 bits per heavy atom. The molecule has 0 aliphatic rings. The van der Waals surface area contributed by atoms with Gasteiger partial charge in [-0.15, -0.1) is 11.3 Å². The molecule has 0 unspecified atom stereocenters. The zero-order chi connectivity index (χ0) is 13.1. The third-order valence-electron chi connectivity index (χ3n) is 2.90. The van der Waals surface area contributed by atoms with Crippen molar-refractivity contribution in [2.75, 3.05) is 0 Å². The van der Waals surface area contributed by atoms with Gasteiger partial charge in [0.15, 0.2) is 5.76 Å². The first-order chi connectivity index (χ1) is 9.33. The molecule has 3 heterocycles. The molecule has 0 spiro atoms. The summed E-state index contributed by atoms with van der Waals surface area (Å²) in [6.07, 6.45) is 1.84. The minimum Gasteiger partial charge on any atom is -0.460 e. The Hall–Kier alpha value is -1.85. The second-order valence-corrected chi connectivity index (χ2v) is 5.40. The third-order valence-corrected chi connectivity index (χ3v) is 3.78. The Balaban J connectivity index is 1.67. The Bertz CT molecular complexity index is 639. The molecule has 0 atom stereocenters. The van der Waals surface area contributed by atoms with E-state index in [9.17, 15) is 0 Å². The van der Waals surface area contributed by atoms with E-state index in [-0.39, 0.29) is 0 Å². The van der Waals surface area contributed by atoms with Crippen LogP contribution in [0.3, 0.4) is 0 Å². The summed E-state index contributed by atoms with van der Waals surface area (Å²) in [5, 5.41) is 12.6. The molecule has 98 valence electrons. The number of hydrogen-bond acceptors (Lipinski definition) is 4. The molecule has 0 aliphatic carbocycles. The predicted molar refractivity (Wildman–Crippen MR) is 75.9 cm³/mol. The zero-order valence-corrected chi connectivity index (χ0v) is 11.5. The first-order valence-corrected chi connectivity index (χ1v) is 7.03. The number of aromatic nitrogens is 2. The lowest BCUT2D eigenvalue weighted by molar-refractivity contribution is 0.545. The molecule has 4 nitrogen and oxygen atoms in total. The fraction of sp³-hybridized carbons (Fsp3) is 0.214. The van der Waals surface area contributed by atoms with E-state index in [1.54, 1.807) is 11.3 Å². The first kappa shape index (κ1) is 12.2. The van der Waals surface area contributed by atoms with Crippen molar-refractivity contribution in [2.24, 2.45) is 0 Å². The first-order valence-electron chi connectivity index (χ1n) is 6.15. The number of H-pyrrole nitrogens is 1. The molecule has 0 saturated heterocycles. The maximum atomic E-state index is 5.62. The van der Waals surface area contributed by atoms with Crippen LogP contribution in [0.1, 0.15) is 16.2 Å². The number of thiophene rings is 1. The van der Waals surface area contributed by atoms with Crippen LogP contribution in [0, 0.1) is 6.92 Å². The summed E-state index contributed by atoms with van der Waals surface area (Å²) < 4.78 is 5.62. The van der Waals surface area contributed by atoms with Gasteiger partial charge in [0.05, 0.1) is 6.20 Å². The molecular formula is C14H15N3OS. The van der Waals surface area contributed by atoms with Gasteiger partial charge < -0.3 is 9.73 Å². The molecule has 0 fully saturated rings. The van der Waals surface area contributed by atoms with Crippen LogP contribution in [0.25, 0.3) is 11.5 Å². The molecule has 0 aliphatic heterocycles. The lowest BCUT2D eigenvalue weighted by Gasteiger charge is -2.03. The number of aryl methyl sites for hydroxylation is 1. The van der Waals surface area contributed by atoms with E-state index in [2.05, 4.69) is 33.0 Å². The monoisotopic (exact) mass is 273 g/mol. The van der Waals surface area contributed by atoms with Gasteiger partial charge in [0.2, 0.25) is 0 Å². The van der Waals surface area contributed by atoms with Crippen molar-refractivity contribution in [3.8, 4) is 11.5 Å². The molecule has 2 N–H and O–H groups in total. The van der Waals surface area contributed by atoms with Crippen molar-refractivity contribution in [2.45, 2.75) is 20.0 Å². The summed E-state index contributed by atoms with van der Waals surface area (Å²) in [6.45, 7) is 3.58. The van der Waals surface area contributed by atoms with Crippen molar-refractivity contribution in [3.05, 3.63) is 52.0 Å². The van der Waals surface area contributed by atoms with Gasteiger partial charge in [-0.2, -0.15) is 5.10 Å². The number of nitrogens with zero attached hydrogens (tertiary/aromatic N) is 1.